The van der Waals surface area contributed by atoms with E-state index in [0.717, 1.165) is 25.4 Å². The predicted molar refractivity (Wildman–Crippen MR) is 83.6 cm³/mol. The number of likely N-dealkylation sites (tertiary alicyclic amines) is 1. The van der Waals surface area contributed by atoms with Gasteiger partial charge in [0.1, 0.15) is 5.76 Å². The van der Waals surface area contributed by atoms with E-state index in [1.165, 1.54) is 44.3 Å². The van der Waals surface area contributed by atoms with E-state index < -0.39 is 0 Å². The molecule has 1 saturated heterocycles. The van der Waals surface area contributed by atoms with Gasteiger partial charge in [0, 0.05) is 12.1 Å². The van der Waals surface area contributed by atoms with Crippen LogP contribution in [0.2, 0.25) is 0 Å². The number of piperidine rings is 1. The van der Waals surface area contributed by atoms with Crippen molar-refractivity contribution in [2.75, 3.05) is 19.6 Å². The Morgan fingerprint density at radius 3 is 2.70 bits per heavy atom. The van der Waals surface area contributed by atoms with Crippen LogP contribution in [-0.2, 0) is 13.1 Å². The Morgan fingerprint density at radius 1 is 1.30 bits per heavy atom. The summed E-state index contributed by atoms with van der Waals surface area (Å²) in [5.74, 6) is 1.15. The Bertz CT molecular complexity index is 391. The standard InChI is InChI=1S/C17H30N2O/c1-4-9-18-13-15-6-12-20-16(15)14-19-10-7-17(3,5-2)8-11-19/h6,12,18H,4-5,7-11,13-14H2,1-3H3. The second-order valence-electron chi connectivity index (χ2n) is 6.49. The molecule has 2 heterocycles. The minimum atomic E-state index is 0.561. The molecule has 0 spiro atoms. The quantitative estimate of drug-likeness (QED) is 0.769. The van der Waals surface area contributed by atoms with E-state index in [-0.39, 0.29) is 0 Å². The SMILES string of the molecule is CCCNCc1ccoc1CN1CCC(C)(CC)CC1. The molecule has 0 saturated carbocycles. The molecule has 114 valence electrons. The first-order chi connectivity index (χ1) is 9.67. The first kappa shape index (κ1) is 15.6. The van der Waals surface area contributed by atoms with E-state index in [4.69, 9.17) is 4.42 Å². The Balaban J connectivity index is 1.84. The molecule has 0 unspecified atom stereocenters. The van der Waals surface area contributed by atoms with E-state index in [1.807, 2.05) is 6.26 Å². The lowest BCUT2D eigenvalue weighted by Gasteiger charge is -2.38. The van der Waals surface area contributed by atoms with Crippen LogP contribution in [0.15, 0.2) is 16.7 Å². The van der Waals surface area contributed by atoms with Crippen LogP contribution in [-0.4, -0.2) is 24.5 Å². The van der Waals surface area contributed by atoms with Crippen molar-refractivity contribution >= 4 is 0 Å². The van der Waals surface area contributed by atoms with Gasteiger partial charge in [-0.05, 0) is 50.4 Å². The highest BCUT2D eigenvalue weighted by molar-refractivity contribution is 5.17. The molecule has 1 N–H and O–H groups in total. The van der Waals surface area contributed by atoms with Crippen molar-refractivity contribution in [1.29, 1.82) is 0 Å². The lowest BCUT2D eigenvalue weighted by atomic mass is 9.78. The fourth-order valence-corrected chi connectivity index (χ4v) is 2.87. The molecule has 3 nitrogen and oxygen atoms in total. The predicted octanol–water partition coefficient (Wildman–Crippen LogP) is 3.79. The van der Waals surface area contributed by atoms with Crippen LogP contribution in [0.3, 0.4) is 0 Å². The summed E-state index contributed by atoms with van der Waals surface area (Å²) in [6, 6.07) is 2.11. The van der Waals surface area contributed by atoms with Gasteiger partial charge >= 0.3 is 0 Å². The summed E-state index contributed by atoms with van der Waals surface area (Å²) in [4.78, 5) is 2.54. The average molecular weight is 278 g/mol. The summed E-state index contributed by atoms with van der Waals surface area (Å²) in [5, 5.41) is 3.46. The average Bonchev–Trinajstić information content (AvgIpc) is 2.89. The van der Waals surface area contributed by atoms with E-state index in [1.54, 1.807) is 0 Å². The topological polar surface area (TPSA) is 28.4 Å². The fraction of sp³-hybridized carbons (Fsp3) is 0.765. The Hall–Kier alpha value is -0.800. The van der Waals surface area contributed by atoms with Gasteiger partial charge in [-0.3, -0.25) is 4.90 Å². The van der Waals surface area contributed by atoms with Crippen LogP contribution in [0.25, 0.3) is 0 Å². The molecule has 0 radical (unpaired) electrons. The van der Waals surface area contributed by atoms with Gasteiger partial charge in [-0.1, -0.05) is 27.2 Å². The van der Waals surface area contributed by atoms with Crippen LogP contribution in [0.1, 0.15) is 57.8 Å². The van der Waals surface area contributed by atoms with Crippen molar-refractivity contribution in [3.8, 4) is 0 Å². The van der Waals surface area contributed by atoms with Gasteiger partial charge in [0.05, 0.1) is 12.8 Å². The molecular weight excluding hydrogens is 248 g/mol. The zero-order chi connectivity index (χ0) is 14.4. The summed E-state index contributed by atoms with van der Waals surface area (Å²) in [7, 11) is 0. The Morgan fingerprint density at radius 2 is 2.05 bits per heavy atom. The molecule has 1 aromatic heterocycles. The van der Waals surface area contributed by atoms with Crippen molar-refractivity contribution in [2.45, 2.75) is 59.5 Å². The molecule has 2 rings (SSSR count). The van der Waals surface area contributed by atoms with Crippen molar-refractivity contribution in [3.05, 3.63) is 23.7 Å². The van der Waals surface area contributed by atoms with E-state index in [0.29, 0.717) is 5.41 Å². The first-order valence-electron chi connectivity index (χ1n) is 8.15. The van der Waals surface area contributed by atoms with Gasteiger partial charge in [0.15, 0.2) is 0 Å². The molecule has 1 aliphatic heterocycles. The number of hydrogen-bond acceptors (Lipinski definition) is 3. The molecule has 1 fully saturated rings. The lowest BCUT2D eigenvalue weighted by molar-refractivity contribution is 0.104. The van der Waals surface area contributed by atoms with Gasteiger partial charge in [-0.2, -0.15) is 0 Å². The van der Waals surface area contributed by atoms with Crippen molar-refractivity contribution in [1.82, 2.24) is 10.2 Å². The summed E-state index contributed by atoms with van der Waals surface area (Å²) in [5.41, 5.74) is 1.88. The maximum absolute atomic E-state index is 5.69. The van der Waals surface area contributed by atoms with Crippen LogP contribution in [0.5, 0.6) is 0 Å². The zero-order valence-electron chi connectivity index (χ0n) is 13.4. The molecule has 0 amide bonds. The largest absolute Gasteiger partial charge is 0.468 e. The molecule has 1 aliphatic rings. The molecule has 3 heteroatoms. The molecule has 0 aromatic carbocycles. The van der Waals surface area contributed by atoms with Gasteiger partial charge < -0.3 is 9.73 Å². The van der Waals surface area contributed by atoms with Gasteiger partial charge in [0.25, 0.3) is 0 Å². The molecular formula is C17H30N2O. The van der Waals surface area contributed by atoms with Crippen molar-refractivity contribution < 1.29 is 4.42 Å². The molecule has 20 heavy (non-hydrogen) atoms. The highest BCUT2D eigenvalue weighted by Crippen LogP contribution is 2.34. The molecule has 0 bridgehead atoms. The summed E-state index contributed by atoms with van der Waals surface area (Å²) < 4.78 is 5.69. The van der Waals surface area contributed by atoms with Crippen LogP contribution in [0.4, 0.5) is 0 Å². The van der Waals surface area contributed by atoms with Crippen molar-refractivity contribution in [3.63, 3.8) is 0 Å². The lowest BCUT2D eigenvalue weighted by Crippen LogP contribution is -2.38. The van der Waals surface area contributed by atoms with Crippen LogP contribution in [0, 0.1) is 5.41 Å². The van der Waals surface area contributed by atoms with Crippen molar-refractivity contribution in [2.24, 2.45) is 5.41 Å². The number of furan rings is 1. The highest BCUT2D eigenvalue weighted by atomic mass is 16.3. The normalized spacial score (nSPS) is 19.4. The monoisotopic (exact) mass is 278 g/mol. The van der Waals surface area contributed by atoms with Gasteiger partial charge in [-0.15, -0.1) is 0 Å². The second kappa shape index (κ2) is 7.28. The third kappa shape index (κ3) is 4.10. The summed E-state index contributed by atoms with van der Waals surface area (Å²) >= 11 is 0. The Kier molecular flexibility index (Phi) is 5.67. The minimum absolute atomic E-state index is 0.561. The number of rotatable bonds is 7. The van der Waals surface area contributed by atoms with E-state index in [2.05, 4.69) is 37.1 Å². The zero-order valence-corrected chi connectivity index (χ0v) is 13.4. The van der Waals surface area contributed by atoms with E-state index in [9.17, 15) is 0 Å². The second-order valence-corrected chi connectivity index (χ2v) is 6.49. The first-order valence-corrected chi connectivity index (χ1v) is 8.15. The molecule has 0 atom stereocenters. The number of hydrogen-bond donors (Lipinski definition) is 1. The smallest absolute Gasteiger partial charge is 0.122 e. The van der Waals surface area contributed by atoms with Gasteiger partial charge in [-0.25, -0.2) is 0 Å². The van der Waals surface area contributed by atoms with Crippen LogP contribution < -0.4 is 5.32 Å². The number of nitrogens with zero attached hydrogens (tertiary/aromatic N) is 1. The van der Waals surface area contributed by atoms with Crippen LogP contribution >= 0.6 is 0 Å². The third-order valence-electron chi connectivity index (χ3n) is 4.86. The maximum atomic E-state index is 5.69. The highest BCUT2D eigenvalue weighted by Gasteiger charge is 2.28. The maximum Gasteiger partial charge on any atom is 0.122 e. The third-order valence-corrected chi connectivity index (χ3v) is 4.86. The van der Waals surface area contributed by atoms with E-state index >= 15 is 0 Å². The summed E-state index contributed by atoms with van der Waals surface area (Å²) in [6.45, 7) is 12.3. The number of nitrogens with one attached hydrogen (secondary N) is 1. The molecule has 1 aromatic rings. The Labute approximate surface area is 123 Å². The fourth-order valence-electron chi connectivity index (χ4n) is 2.87. The van der Waals surface area contributed by atoms with Gasteiger partial charge in [0.2, 0.25) is 0 Å². The molecule has 0 aliphatic carbocycles. The minimum Gasteiger partial charge on any atom is -0.468 e. The summed E-state index contributed by atoms with van der Waals surface area (Å²) in [6.07, 6.45) is 6.93.